The Bertz CT molecular complexity index is 1620. The predicted octanol–water partition coefficient (Wildman–Crippen LogP) is 4.00. The summed E-state index contributed by atoms with van der Waals surface area (Å²) in [6, 6.07) is 13.5. The van der Waals surface area contributed by atoms with Crippen LogP contribution in [0.1, 0.15) is 38.7 Å². The Labute approximate surface area is 293 Å². The van der Waals surface area contributed by atoms with Gasteiger partial charge in [0.1, 0.15) is 5.92 Å². The van der Waals surface area contributed by atoms with E-state index in [0.717, 1.165) is 0 Å². The van der Waals surface area contributed by atoms with Gasteiger partial charge in [0.15, 0.2) is 0 Å². The Morgan fingerprint density at radius 1 is 0.958 bits per heavy atom. The molecule has 0 saturated carbocycles. The number of halogens is 2. The van der Waals surface area contributed by atoms with Crippen molar-refractivity contribution >= 4 is 63.5 Å². The second kappa shape index (κ2) is 16.2. The van der Waals surface area contributed by atoms with E-state index in [0.29, 0.717) is 37.6 Å². The van der Waals surface area contributed by atoms with Gasteiger partial charge < -0.3 is 19.7 Å². The lowest BCUT2D eigenvalue weighted by atomic mass is 9.74. The van der Waals surface area contributed by atoms with Crippen molar-refractivity contribution in [1.82, 2.24) is 15.1 Å². The van der Waals surface area contributed by atoms with Crippen LogP contribution in [0.4, 0.5) is 0 Å². The third kappa shape index (κ3) is 8.90. The number of hydrogen-bond donors (Lipinski definition) is 1. The van der Waals surface area contributed by atoms with Gasteiger partial charge in [0.2, 0.25) is 11.8 Å². The van der Waals surface area contributed by atoms with Crippen LogP contribution < -0.4 is 5.32 Å². The number of carbonyl (C=O) groups excluding carboxylic acids is 4. The Hall–Kier alpha value is -3.58. The van der Waals surface area contributed by atoms with Crippen molar-refractivity contribution < 1.29 is 32.9 Å². The SMILES string of the molecule is COC(=O)C1=C(C[S@](=O)c2ccccc2)N=C(CC(=O)N2CCN(CC(C)(C)NC(C)=O)CC2)C(C(=O)OC)[C@@H]1c1c(Cl)cccc1Cl. The highest BCUT2D eigenvalue weighted by atomic mass is 35.5. The molecule has 0 radical (unpaired) electrons. The summed E-state index contributed by atoms with van der Waals surface area (Å²) >= 11 is 13.4. The molecule has 11 nitrogen and oxygen atoms in total. The second-order valence-corrected chi connectivity index (χ2v) is 14.5. The van der Waals surface area contributed by atoms with E-state index in [4.69, 9.17) is 37.7 Å². The molecule has 2 aliphatic heterocycles. The molecule has 1 unspecified atom stereocenters. The van der Waals surface area contributed by atoms with Crippen molar-refractivity contribution in [2.24, 2.45) is 10.9 Å². The molecule has 2 aromatic carbocycles. The zero-order chi connectivity index (χ0) is 35.2. The van der Waals surface area contributed by atoms with Crippen LogP contribution in [-0.2, 0) is 39.5 Å². The molecule has 3 atom stereocenters. The van der Waals surface area contributed by atoms with Crippen molar-refractivity contribution in [3.63, 3.8) is 0 Å². The molecule has 14 heteroatoms. The van der Waals surface area contributed by atoms with E-state index in [1.165, 1.54) is 21.1 Å². The van der Waals surface area contributed by atoms with Crippen LogP contribution in [0.2, 0.25) is 10.0 Å². The number of nitrogens with one attached hydrogen (secondary N) is 1. The molecule has 0 aromatic heterocycles. The lowest BCUT2D eigenvalue weighted by Crippen LogP contribution is -2.56. The molecule has 2 aliphatic rings. The Morgan fingerprint density at radius 2 is 1.58 bits per heavy atom. The first-order valence-corrected chi connectivity index (χ1v) is 17.5. The van der Waals surface area contributed by atoms with Gasteiger partial charge >= 0.3 is 11.9 Å². The minimum atomic E-state index is -1.66. The normalized spacial score (nSPS) is 19.3. The van der Waals surface area contributed by atoms with Gasteiger partial charge in [-0.3, -0.25) is 28.5 Å². The van der Waals surface area contributed by atoms with Gasteiger partial charge in [0, 0.05) is 71.8 Å². The van der Waals surface area contributed by atoms with Crippen LogP contribution >= 0.6 is 23.2 Å². The number of rotatable bonds is 11. The first-order valence-electron chi connectivity index (χ1n) is 15.4. The average Bonchev–Trinajstić information content (AvgIpc) is 3.04. The number of nitrogens with zero attached hydrogens (tertiary/aromatic N) is 3. The highest BCUT2D eigenvalue weighted by Gasteiger charge is 2.46. The maximum atomic E-state index is 13.9. The molecular weight excluding hydrogens is 679 g/mol. The van der Waals surface area contributed by atoms with E-state index in [-0.39, 0.29) is 56.6 Å². The first-order chi connectivity index (χ1) is 22.8. The lowest BCUT2D eigenvalue weighted by molar-refractivity contribution is -0.143. The van der Waals surface area contributed by atoms with E-state index in [9.17, 15) is 23.4 Å². The largest absolute Gasteiger partial charge is 0.468 e. The maximum Gasteiger partial charge on any atom is 0.336 e. The number of esters is 2. The van der Waals surface area contributed by atoms with Crippen LogP contribution in [0.5, 0.6) is 0 Å². The smallest absolute Gasteiger partial charge is 0.336 e. The minimum Gasteiger partial charge on any atom is -0.468 e. The van der Waals surface area contributed by atoms with Gasteiger partial charge in [-0.15, -0.1) is 0 Å². The molecule has 2 aromatic rings. The number of amides is 2. The van der Waals surface area contributed by atoms with Crippen molar-refractivity contribution in [3.05, 3.63) is 75.4 Å². The molecular formula is C34H40Cl2N4O7S. The summed E-state index contributed by atoms with van der Waals surface area (Å²) in [5.74, 6) is -4.58. The number of benzene rings is 2. The Morgan fingerprint density at radius 3 is 2.15 bits per heavy atom. The quantitative estimate of drug-likeness (QED) is 0.345. The molecule has 4 rings (SSSR count). The molecule has 1 fully saturated rings. The molecule has 258 valence electrons. The van der Waals surface area contributed by atoms with Crippen molar-refractivity contribution in [1.29, 1.82) is 0 Å². The van der Waals surface area contributed by atoms with Gasteiger partial charge in [0.25, 0.3) is 0 Å². The summed E-state index contributed by atoms with van der Waals surface area (Å²) in [5.41, 5.74) is -0.00117. The van der Waals surface area contributed by atoms with Gasteiger partial charge in [-0.05, 0) is 43.7 Å². The number of methoxy groups -OCH3 is 2. The topological polar surface area (TPSA) is 135 Å². The lowest BCUT2D eigenvalue weighted by Gasteiger charge is -2.39. The van der Waals surface area contributed by atoms with Gasteiger partial charge in [-0.1, -0.05) is 47.5 Å². The van der Waals surface area contributed by atoms with E-state index in [1.807, 2.05) is 13.8 Å². The molecule has 0 spiro atoms. The number of carbonyl (C=O) groups is 4. The van der Waals surface area contributed by atoms with Crippen LogP contribution in [-0.4, -0.2) is 102 Å². The fourth-order valence-electron chi connectivity index (χ4n) is 6.25. The first kappa shape index (κ1) is 37.2. The summed E-state index contributed by atoms with van der Waals surface area (Å²) in [4.78, 5) is 61.7. The standard InChI is InChI=1S/C34H40Cl2N4O7S/c1-21(41)38-34(2,3)20-39-14-16-40(17-15-39)27(42)18-25-29(32(43)46-4)31(28-23(35)12-9-13-24(28)36)30(33(44)47-5)26(37-25)19-48(45)22-10-7-6-8-11-22/h6-13,29,31H,14-20H2,1-5H3,(H,38,41)/t29?,31-,48-/m0/s1. The van der Waals surface area contributed by atoms with Gasteiger partial charge in [-0.2, -0.15) is 0 Å². The molecule has 2 amide bonds. The van der Waals surface area contributed by atoms with Gasteiger partial charge in [-0.25, -0.2) is 4.79 Å². The molecule has 0 bridgehead atoms. The number of ether oxygens (including phenoxy) is 2. The van der Waals surface area contributed by atoms with Gasteiger partial charge in [0.05, 0.1) is 48.5 Å². The monoisotopic (exact) mass is 718 g/mol. The van der Waals surface area contributed by atoms with E-state index >= 15 is 0 Å². The third-order valence-corrected chi connectivity index (χ3v) is 10.2. The molecule has 0 aliphatic carbocycles. The van der Waals surface area contributed by atoms with E-state index in [2.05, 4.69) is 10.2 Å². The number of aliphatic imine (C=N–C) groups is 1. The average molecular weight is 720 g/mol. The maximum absolute atomic E-state index is 13.9. The summed E-state index contributed by atoms with van der Waals surface area (Å²) in [6.45, 7) is 7.96. The van der Waals surface area contributed by atoms with E-state index < -0.39 is 40.1 Å². The van der Waals surface area contributed by atoms with Crippen LogP contribution in [0.15, 0.2) is 69.7 Å². The molecule has 1 N–H and O–H groups in total. The van der Waals surface area contributed by atoms with Crippen LogP contribution in [0.25, 0.3) is 0 Å². The third-order valence-electron chi connectivity index (χ3n) is 8.23. The summed E-state index contributed by atoms with van der Waals surface area (Å²) in [7, 11) is 0.742. The highest BCUT2D eigenvalue weighted by Crippen LogP contribution is 2.46. The number of hydrogen-bond acceptors (Lipinski definition) is 9. The molecule has 2 heterocycles. The van der Waals surface area contributed by atoms with Crippen molar-refractivity contribution in [2.45, 2.75) is 43.5 Å². The zero-order valence-electron chi connectivity index (χ0n) is 27.6. The van der Waals surface area contributed by atoms with E-state index in [1.54, 1.807) is 53.4 Å². The summed E-state index contributed by atoms with van der Waals surface area (Å²) in [6.07, 6.45) is -0.272. The second-order valence-electron chi connectivity index (χ2n) is 12.3. The summed E-state index contributed by atoms with van der Waals surface area (Å²) < 4.78 is 24.0. The fraction of sp³-hybridized carbons (Fsp3) is 0.441. The predicted molar refractivity (Wildman–Crippen MR) is 184 cm³/mol. The minimum absolute atomic E-state index is 0.0428. The number of piperazine rings is 1. The Balaban J connectivity index is 1.74. The molecule has 1 saturated heterocycles. The highest BCUT2D eigenvalue weighted by molar-refractivity contribution is 7.85. The fourth-order valence-corrected chi connectivity index (χ4v) is 7.98. The van der Waals surface area contributed by atoms with Crippen LogP contribution in [0.3, 0.4) is 0 Å². The van der Waals surface area contributed by atoms with Crippen molar-refractivity contribution in [2.75, 3.05) is 52.7 Å². The Kier molecular flexibility index (Phi) is 12.6. The molecule has 48 heavy (non-hydrogen) atoms. The zero-order valence-corrected chi connectivity index (χ0v) is 29.9. The van der Waals surface area contributed by atoms with Crippen molar-refractivity contribution in [3.8, 4) is 0 Å². The summed E-state index contributed by atoms with van der Waals surface area (Å²) in [5, 5.41) is 3.30. The van der Waals surface area contributed by atoms with Crippen LogP contribution in [0, 0.1) is 5.92 Å².